The molecule has 0 aromatic heterocycles. The first-order chi connectivity index (χ1) is 7.66. The lowest BCUT2D eigenvalue weighted by Crippen LogP contribution is -2.32. The monoisotopic (exact) mass is 220 g/mol. The fourth-order valence-electron chi connectivity index (χ4n) is 4.38. The average Bonchev–Trinajstić information content (AvgIpc) is 2.87. The first-order valence-electron chi connectivity index (χ1n) is 6.53. The maximum absolute atomic E-state index is 11.5. The van der Waals surface area contributed by atoms with Gasteiger partial charge in [0.2, 0.25) is 0 Å². The van der Waals surface area contributed by atoms with Gasteiger partial charge in [-0.3, -0.25) is 0 Å². The zero-order chi connectivity index (χ0) is 11.3. The number of hydrogen-bond donors (Lipinski definition) is 0. The summed E-state index contributed by atoms with van der Waals surface area (Å²) in [4.78, 5) is 11.5. The molecule has 0 aromatic carbocycles. The van der Waals surface area contributed by atoms with Gasteiger partial charge in [-0.1, -0.05) is 13.0 Å². The molecule has 0 radical (unpaired) electrons. The van der Waals surface area contributed by atoms with Crippen LogP contribution in [-0.4, -0.2) is 12.1 Å². The zero-order valence-electron chi connectivity index (χ0n) is 9.95. The third-order valence-corrected chi connectivity index (χ3v) is 4.97. The summed E-state index contributed by atoms with van der Waals surface area (Å²) in [6, 6.07) is 0. The second-order valence-corrected chi connectivity index (χ2v) is 5.88. The smallest absolute Gasteiger partial charge is 0.333 e. The van der Waals surface area contributed by atoms with Gasteiger partial charge < -0.3 is 4.74 Å². The molecule has 0 saturated heterocycles. The Balaban J connectivity index is 1.68. The van der Waals surface area contributed by atoms with Crippen LogP contribution < -0.4 is 0 Å². The summed E-state index contributed by atoms with van der Waals surface area (Å²) in [5, 5.41) is 0. The van der Waals surface area contributed by atoms with Gasteiger partial charge in [0.15, 0.2) is 0 Å². The Morgan fingerprint density at radius 2 is 1.94 bits per heavy atom. The highest BCUT2D eigenvalue weighted by atomic mass is 16.5. The molecule has 0 aromatic rings. The lowest BCUT2D eigenvalue weighted by Gasteiger charge is -2.31. The van der Waals surface area contributed by atoms with E-state index in [0.29, 0.717) is 11.5 Å². The van der Waals surface area contributed by atoms with Gasteiger partial charge in [0.1, 0.15) is 6.10 Å². The average molecular weight is 220 g/mol. The number of fused-ring (bicyclic) bond motifs is 5. The molecule has 5 atom stereocenters. The van der Waals surface area contributed by atoms with Gasteiger partial charge >= 0.3 is 5.97 Å². The molecule has 16 heavy (non-hydrogen) atoms. The van der Waals surface area contributed by atoms with E-state index < -0.39 is 0 Å². The summed E-state index contributed by atoms with van der Waals surface area (Å²) in [6.45, 7) is 5.38. The van der Waals surface area contributed by atoms with Crippen molar-refractivity contribution in [2.24, 2.45) is 23.7 Å². The molecule has 2 nitrogen and oxygen atoms in total. The number of hydrogen-bond acceptors (Lipinski definition) is 2. The minimum absolute atomic E-state index is 0.188. The molecule has 0 spiro atoms. The predicted octanol–water partition coefficient (Wildman–Crippen LogP) is 2.93. The van der Waals surface area contributed by atoms with Gasteiger partial charge in [0, 0.05) is 5.57 Å². The third kappa shape index (κ3) is 1.42. The van der Waals surface area contributed by atoms with E-state index in [2.05, 4.69) is 6.58 Å². The Hall–Kier alpha value is -0.790. The Kier molecular flexibility index (Phi) is 2.34. The molecule has 0 amide bonds. The van der Waals surface area contributed by atoms with E-state index in [1.54, 1.807) is 6.92 Å². The molecule has 2 unspecified atom stereocenters. The second kappa shape index (κ2) is 3.61. The highest BCUT2D eigenvalue weighted by Gasteiger charge is 2.55. The van der Waals surface area contributed by atoms with E-state index >= 15 is 0 Å². The van der Waals surface area contributed by atoms with Crippen LogP contribution in [0.4, 0.5) is 0 Å². The van der Waals surface area contributed by atoms with Crippen molar-refractivity contribution in [1.29, 1.82) is 0 Å². The molecule has 88 valence electrons. The SMILES string of the molecule is C=C(C)C(=O)O[C@@H]1C[C@@H]2C[C@H]1C1CCCC12. The van der Waals surface area contributed by atoms with E-state index in [4.69, 9.17) is 4.74 Å². The molecule has 3 aliphatic rings. The van der Waals surface area contributed by atoms with Crippen LogP contribution in [0.1, 0.15) is 39.0 Å². The fourth-order valence-corrected chi connectivity index (χ4v) is 4.38. The predicted molar refractivity (Wildman–Crippen MR) is 61.7 cm³/mol. The van der Waals surface area contributed by atoms with Crippen LogP contribution in [0.5, 0.6) is 0 Å². The second-order valence-electron chi connectivity index (χ2n) is 5.88. The van der Waals surface area contributed by atoms with Crippen molar-refractivity contribution in [1.82, 2.24) is 0 Å². The van der Waals surface area contributed by atoms with E-state index in [-0.39, 0.29) is 12.1 Å². The standard InChI is InChI=1S/C14H20O2/c1-8(2)14(15)16-13-7-9-6-12(13)11-5-3-4-10(9)11/h9-13H,1,3-7H2,2H3/t9-,10?,11?,12-,13+/m0/s1. The number of esters is 1. The highest BCUT2D eigenvalue weighted by Crippen LogP contribution is 2.59. The summed E-state index contributed by atoms with van der Waals surface area (Å²) in [5.41, 5.74) is 0.533. The summed E-state index contributed by atoms with van der Waals surface area (Å²) in [5.74, 6) is 3.15. The van der Waals surface area contributed by atoms with Gasteiger partial charge in [0.25, 0.3) is 0 Å². The molecule has 2 bridgehead atoms. The van der Waals surface area contributed by atoms with Crippen LogP contribution in [0.3, 0.4) is 0 Å². The zero-order valence-corrected chi connectivity index (χ0v) is 9.95. The van der Waals surface area contributed by atoms with Crippen molar-refractivity contribution < 1.29 is 9.53 Å². The summed E-state index contributed by atoms with van der Waals surface area (Å²) in [7, 11) is 0. The topological polar surface area (TPSA) is 26.3 Å². The summed E-state index contributed by atoms with van der Waals surface area (Å²) in [6.07, 6.45) is 6.81. The molecule has 0 heterocycles. The summed E-state index contributed by atoms with van der Waals surface area (Å²) >= 11 is 0. The first-order valence-corrected chi connectivity index (χ1v) is 6.53. The first kappa shape index (κ1) is 10.4. The highest BCUT2D eigenvalue weighted by molar-refractivity contribution is 5.87. The number of rotatable bonds is 2. The quantitative estimate of drug-likeness (QED) is 0.528. The van der Waals surface area contributed by atoms with E-state index in [9.17, 15) is 4.79 Å². The molecule has 0 aliphatic heterocycles. The molecule has 0 N–H and O–H groups in total. The van der Waals surface area contributed by atoms with E-state index in [1.165, 1.54) is 25.7 Å². The normalized spacial score (nSPS) is 44.4. The van der Waals surface area contributed by atoms with E-state index in [1.807, 2.05) is 0 Å². The molecule has 3 aliphatic carbocycles. The van der Waals surface area contributed by atoms with Crippen molar-refractivity contribution in [3.8, 4) is 0 Å². The van der Waals surface area contributed by atoms with Crippen molar-refractivity contribution in [2.75, 3.05) is 0 Å². The number of carbonyl (C=O) groups is 1. The molecule has 3 rings (SSSR count). The Labute approximate surface area is 97.1 Å². The molecule has 3 saturated carbocycles. The minimum atomic E-state index is -0.188. The van der Waals surface area contributed by atoms with Gasteiger partial charge in [-0.2, -0.15) is 0 Å². The van der Waals surface area contributed by atoms with Crippen LogP contribution >= 0.6 is 0 Å². The third-order valence-electron chi connectivity index (χ3n) is 4.97. The van der Waals surface area contributed by atoms with E-state index in [0.717, 1.165) is 24.2 Å². The summed E-state index contributed by atoms with van der Waals surface area (Å²) < 4.78 is 5.58. The Morgan fingerprint density at radius 3 is 2.69 bits per heavy atom. The fraction of sp³-hybridized carbons (Fsp3) is 0.786. The van der Waals surface area contributed by atoms with Crippen molar-refractivity contribution >= 4 is 5.97 Å². The number of carbonyl (C=O) groups excluding carboxylic acids is 1. The maximum atomic E-state index is 11.5. The van der Waals surface area contributed by atoms with Crippen LogP contribution in [0.25, 0.3) is 0 Å². The lowest BCUT2D eigenvalue weighted by molar-refractivity contribution is -0.148. The van der Waals surface area contributed by atoms with Crippen molar-refractivity contribution in [3.05, 3.63) is 12.2 Å². The molecular formula is C14H20O2. The lowest BCUT2D eigenvalue weighted by atomic mass is 9.80. The van der Waals surface area contributed by atoms with Crippen LogP contribution in [0, 0.1) is 23.7 Å². The molecule has 3 fully saturated rings. The van der Waals surface area contributed by atoms with Crippen LogP contribution in [-0.2, 0) is 9.53 Å². The van der Waals surface area contributed by atoms with Crippen molar-refractivity contribution in [3.63, 3.8) is 0 Å². The Bertz CT molecular complexity index is 334. The molecule has 2 heteroatoms. The molecular weight excluding hydrogens is 200 g/mol. The van der Waals surface area contributed by atoms with Crippen molar-refractivity contribution in [2.45, 2.75) is 45.1 Å². The van der Waals surface area contributed by atoms with Gasteiger partial charge in [0.05, 0.1) is 0 Å². The largest absolute Gasteiger partial charge is 0.459 e. The number of ether oxygens (including phenoxy) is 1. The van der Waals surface area contributed by atoms with Crippen LogP contribution in [0.2, 0.25) is 0 Å². The Morgan fingerprint density at radius 1 is 1.19 bits per heavy atom. The maximum Gasteiger partial charge on any atom is 0.333 e. The van der Waals surface area contributed by atoms with Crippen LogP contribution in [0.15, 0.2) is 12.2 Å². The van der Waals surface area contributed by atoms with Gasteiger partial charge in [-0.15, -0.1) is 0 Å². The minimum Gasteiger partial charge on any atom is -0.459 e. The van der Waals surface area contributed by atoms with Gasteiger partial charge in [-0.05, 0) is 56.3 Å². The van der Waals surface area contributed by atoms with Gasteiger partial charge in [-0.25, -0.2) is 4.79 Å².